The maximum absolute atomic E-state index is 13.0. The number of nitrogens with zero attached hydrogens (tertiary/aromatic N) is 5. The SMILES string of the molecule is CC(C(=O)N1CCC2(CC1)OCCc1cnc(-c3ccccc3)nc12)n1cccn1. The number of carbonyl (C=O) groups excluding carboxylic acids is 1. The molecule has 1 aromatic carbocycles. The molecular weight excluding hydrogens is 378 g/mol. The third-order valence-electron chi connectivity index (χ3n) is 6.24. The van der Waals surface area contributed by atoms with Crippen molar-refractivity contribution < 1.29 is 9.53 Å². The van der Waals surface area contributed by atoms with E-state index >= 15 is 0 Å². The lowest BCUT2D eigenvalue weighted by Crippen LogP contribution is -2.50. The molecule has 7 heteroatoms. The molecule has 0 saturated carbocycles. The molecule has 1 saturated heterocycles. The van der Waals surface area contributed by atoms with E-state index in [9.17, 15) is 4.79 Å². The number of ether oxygens (including phenoxy) is 1. The van der Waals surface area contributed by atoms with E-state index in [0.29, 0.717) is 19.7 Å². The highest BCUT2D eigenvalue weighted by molar-refractivity contribution is 5.80. The highest BCUT2D eigenvalue weighted by atomic mass is 16.5. The first kappa shape index (κ1) is 18.9. The van der Waals surface area contributed by atoms with Crippen LogP contribution in [0.4, 0.5) is 0 Å². The predicted octanol–water partition coefficient (Wildman–Crippen LogP) is 2.99. The molecule has 1 spiro atoms. The summed E-state index contributed by atoms with van der Waals surface area (Å²) < 4.78 is 8.05. The number of rotatable bonds is 3. The van der Waals surface area contributed by atoms with E-state index in [1.807, 2.05) is 60.6 Å². The molecule has 7 nitrogen and oxygen atoms in total. The molecule has 1 unspecified atom stereocenters. The smallest absolute Gasteiger partial charge is 0.247 e. The van der Waals surface area contributed by atoms with E-state index in [4.69, 9.17) is 9.72 Å². The molecule has 3 aromatic rings. The molecule has 2 aromatic heterocycles. The fraction of sp³-hybridized carbons (Fsp3) is 0.391. The minimum Gasteiger partial charge on any atom is -0.368 e. The zero-order valence-corrected chi connectivity index (χ0v) is 17.1. The van der Waals surface area contributed by atoms with Crippen LogP contribution in [0.2, 0.25) is 0 Å². The van der Waals surface area contributed by atoms with Gasteiger partial charge in [-0.15, -0.1) is 0 Å². The van der Waals surface area contributed by atoms with Crippen molar-refractivity contribution in [3.63, 3.8) is 0 Å². The van der Waals surface area contributed by atoms with Crippen LogP contribution < -0.4 is 0 Å². The van der Waals surface area contributed by atoms with Crippen LogP contribution in [0.5, 0.6) is 0 Å². The largest absolute Gasteiger partial charge is 0.368 e. The van der Waals surface area contributed by atoms with Crippen molar-refractivity contribution in [3.05, 3.63) is 66.2 Å². The van der Waals surface area contributed by atoms with Crippen LogP contribution in [-0.4, -0.2) is 50.3 Å². The Bertz CT molecular complexity index is 1030. The maximum atomic E-state index is 13.0. The van der Waals surface area contributed by atoms with Gasteiger partial charge in [-0.3, -0.25) is 9.48 Å². The van der Waals surface area contributed by atoms with Crippen molar-refractivity contribution in [2.24, 2.45) is 0 Å². The summed E-state index contributed by atoms with van der Waals surface area (Å²) in [4.78, 5) is 24.4. The fourth-order valence-electron chi connectivity index (χ4n) is 4.49. The van der Waals surface area contributed by atoms with Crippen molar-refractivity contribution in [2.45, 2.75) is 37.8 Å². The van der Waals surface area contributed by atoms with Gasteiger partial charge in [-0.2, -0.15) is 5.10 Å². The zero-order chi connectivity index (χ0) is 20.6. The van der Waals surface area contributed by atoms with Gasteiger partial charge in [0.25, 0.3) is 0 Å². The second kappa shape index (κ2) is 7.65. The average molecular weight is 403 g/mol. The van der Waals surface area contributed by atoms with E-state index in [-0.39, 0.29) is 11.9 Å². The number of benzene rings is 1. The zero-order valence-electron chi connectivity index (χ0n) is 17.1. The highest BCUT2D eigenvalue weighted by Gasteiger charge is 2.44. The van der Waals surface area contributed by atoms with E-state index in [1.54, 1.807) is 10.9 Å². The molecule has 2 aliphatic rings. The van der Waals surface area contributed by atoms with E-state index in [2.05, 4.69) is 10.1 Å². The Morgan fingerprint density at radius 2 is 1.97 bits per heavy atom. The molecular formula is C23H25N5O2. The number of carbonyl (C=O) groups is 1. The number of likely N-dealkylation sites (tertiary alicyclic amines) is 1. The first-order valence-corrected chi connectivity index (χ1v) is 10.5. The second-order valence-corrected chi connectivity index (χ2v) is 8.01. The van der Waals surface area contributed by atoms with Gasteiger partial charge in [-0.25, -0.2) is 9.97 Å². The van der Waals surface area contributed by atoms with Crippen LogP contribution in [0.25, 0.3) is 11.4 Å². The number of hydrogen-bond donors (Lipinski definition) is 0. The summed E-state index contributed by atoms with van der Waals surface area (Å²) in [6, 6.07) is 11.6. The molecule has 0 bridgehead atoms. The van der Waals surface area contributed by atoms with Gasteiger partial charge in [0.15, 0.2) is 5.82 Å². The second-order valence-electron chi connectivity index (χ2n) is 8.01. The minimum atomic E-state index is -0.439. The molecule has 4 heterocycles. The normalized spacial score (nSPS) is 18.8. The number of aromatic nitrogens is 4. The van der Waals surface area contributed by atoms with Crippen molar-refractivity contribution in [2.75, 3.05) is 19.7 Å². The molecule has 0 radical (unpaired) electrons. The number of hydrogen-bond acceptors (Lipinski definition) is 5. The minimum absolute atomic E-state index is 0.0947. The molecule has 1 amide bonds. The van der Waals surface area contributed by atoms with Crippen molar-refractivity contribution in [1.82, 2.24) is 24.6 Å². The predicted molar refractivity (Wildman–Crippen MR) is 112 cm³/mol. The molecule has 5 rings (SSSR count). The summed E-state index contributed by atoms with van der Waals surface area (Å²) >= 11 is 0. The molecule has 30 heavy (non-hydrogen) atoms. The first-order valence-electron chi connectivity index (χ1n) is 10.5. The van der Waals surface area contributed by atoms with Crippen LogP contribution in [0.1, 0.15) is 37.1 Å². The van der Waals surface area contributed by atoms with Crippen LogP contribution >= 0.6 is 0 Å². The Hall–Kier alpha value is -3.06. The van der Waals surface area contributed by atoms with E-state index in [0.717, 1.165) is 41.9 Å². The van der Waals surface area contributed by atoms with Gasteiger partial charge in [0.1, 0.15) is 11.6 Å². The van der Waals surface area contributed by atoms with Crippen LogP contribution in [0, 0.1) is 0 Å². The van der Waals surface area contributed by atoms with Gasteiger partial charge in [0.05, 0.1) is 12.3 Å². The topological polar surface area (TPSA) is 73.1 Å². The quantitative estimate of drug-likeness (QED) is 0.672. The van der Waals surface area contributed by atoms with Gasteiger partial charge >= 0.3 is 0 Å². The van der Waals surface area contributed by atoms with Crippen molar-refractivity contribution in [3.8, 4) is 11.4 Å². The van der Waals surface area contributed by atoms with E-state index < -0.39 is 5.60 Å². The number of fused-ring (bicyclic) bond motifs is 2. The highest BCUT2D eigenvalue weighted by Crippen LogP contribution is 2.41. The summed E-state index contributed by atoms with van der Waals surface area (Å²) in [5.74, 6) is 0.822. The standard InChI is InChI=1S/C23H25N5O2/c1-17(28-12-5-11-25-28)22(29)27-13-9-23(10-14-27)20-19(8-15-30-23)16-24-21(26-20)18-6-3-2-4-7-18/h2-7,11-12,16-17H,8-10,13-15H2,1H3. The number of amides is 1. The fourth-order valence-corrected chi connectivity index (χ4v) is 4.49. The van der Waals surface area contributed by atoms with Gasteiger partial charge in [-0.1, -0.05) is 30.3 Å². The molecule has 0 N–H and O–H groups in total. The lowest BCUT2D eigenvalue weighted by molar-refractivity contribution is -0.144. The van der Waals surface area contributed by atoms with Crippen LogP contribution in [-0.2, 0) is 21.6 Å². The number of piperidine rings is 1. The molecule has 154 valence electrons. The van der Waals surface area contributed by atoms with Gasteiger partial charge in [0, 0.05) is 37.2 Å². The van der Waals surface area contributed by atoms with Gasteiger partial charge in [-0.05, 0) is 37.8 Å². The molecule has 1 fully saturated rings. The van der Waals surface area contributed by atoms with Crippen molar-refractivity contribution in [1.29, 1.82) is 0 Å². The average Bonchev–Trinajstić information content (AvgIpc) is 3.34. The Morgan fingerprint density at radius 3 is 2.70 bits per heavy atom. The van der Waals surface area contributed by atoms with Gasteiger partial charge in [0.2, 0.25) is 5.91 Å². The Labute approximate surface area is 175 Å². The van der Waals surface area contributed by atoms with Crippen LogP contribution in [0.15, 0.2) is 55.0 Å². The summed E-state index contributed by atoms with van der Waals surface area (Å²) in [5, 5.41) is 4.21. The summed E-state index contributed by atoms with van der Waals surface area (Å²) in [7, 11) is 0. The molecule has 0 aliphatic carbocycles. The Morgan fingerprint density at radius 1 is 1.17 bits per heavy atom. The van der Waals surface area contributed by atoms with E-state index in [1.165, 1.54) is 0 Å². The first-order chi connectivity index (χ1) is 14.7. The Balaban J connectivity index is 1.38. The third-order valence-corrected chi connectivity index (χ3v) is 6.24. The van der Waals surface area contributed by atoms with Gasteiger partial charge < -0.3 is 9.64 Å². The lowest BCUT2D eigenvalue weighted by Gasteiger charge is -2.44. The summed E-state index contributed by atoms with van der Waals surface area (Å²) in [6.07, 6.45) is 7.78. The monoisotopic (exact) mass is 403 g/mol. The lowest BCUT2D eigenvalue weighted by atomic mass is 9.83. The molecule has 2 aliphatic heterocycles. The Kier molecular flexibility index (Phi) is 4.83. The maximum Gasteiger partial charge on any atom is 0.247 e. The summed E-state index contributed by atoms with van der Waals surface area (Å²) in [5.41, 5.74) is 2.72. The molecule has 1 atom stereocenters. The summed E-state index contributed by atoms with van der Waals surface area (Å²) in [6.45, 7) is 3.85. The third kappa shape index (κ3) is 3.29. The van der Waals surface area contributed by atoms with Crippen molar-refractivity contribution >= 4 is 5.91 Å². The van der Waals surface area contributed by atoms with Crippen LogP contribution in [0.3, 0.4) is 0 Å².